The normalized spacial score (nSPS) is 12.0. The molecule has 2 aromatic rings. The summed E-state index contributed by atoms with van der Waals surface area (Å²) in [6.07, 6.45) is 3.44. The van der Waals surface area contributed by atoms with E-state index in [1.165, 1.54) is 0 Å². The Morgan fingerprint density at radius 3 is 2.57 bits per heavy atom. The average molecular weight is 314 g/mol. The second-order valence-electron chi connectivity index (χ2n) is 5.81. The highest BCUT2D eigenvalue weighted by Crippen LogP contribution is 2.20. The van der Waals surface area contributed by atoms with E-state index in [4.69, 9.17) is 4.74 Å². The van der Waals surface area contributed by atoms with Crippen LogP contribution in [0.3, 0.4) is 0 Å². The van der Waals surface area contributed by atoms with Gasteiger partial charge in [-0.3, -0.25) is 9.78 Å². The van der Waals surface area contributed by atoms with Crippen LogP contribution < -0.4 is 10.1 Å². The fourth-order valence-corrected chi connectivity index (χ4v) is 2.16. The molecular weight excluding hydrogens is 292 g/mol. The Morgan fingerprint density at radius 2 is 1.96 bits per heavy atom. The number of aliphatic hydroxyl groups is 1. The van der Waals surface area contributed by atoms with Crippen LogP contribution in [-0.2, 0) is 0 Å². The lowest BCUT2D eigenvalue weighted by Crippen LogP contribution is -2.32. The summed E-state index contributed by atoms with van der Waals surface area (Å²) in [5, 5.41) is 12.5. The van der Waals surface area contributed by atoms with E-state index in [9.17, 15) is 9.90 Å². The Kier molecular flexibility index (Phi) is 6.11. The lowest BCUT2D eigenvalue weighted by molar-refractivity contribution is 0.0900. The van der Waals surface area contributed by atoms with Gasteiger partial charge in [0, 0.05) is 18.3 Å². The minimum atomic E-state index is -0.521. The summed E-state index contributed by atoms with van der Waals surface area (Å²) in [7, 11) is 0. The highest BCUT2D eigenvalue weighted by atomic mass is 16.5. The monoisotopic (exact) mass is 314 g/mol. The molecule has 2 rings (SSSR count). The van der Waals surface area contributed by atoms with Crippen molar-refractivity contribution in [1.82, 2.24) is 10.3 Å². The van der Waals surface area contributed by atoms with Gasteiger partial charge in [-0.15, -0.1) is 0 Å². The number of benzene rings is 1. The summed E-state index contributed by atoms with van der Waals surface area (Å²) >= 11 is 0. The molecule has 2 N–H and O–H groups in total. The van der Waals surface area contributed by atoms with Crippen molar-refractivity contribution in [2.24, 2.45) is 5.92 Å². The van der Waals surface area contributed by atoms with E-state index in [-0.39, 0.29) is 12.5 Å². The van der Waals surface area contributed by atoms with Crippen LogP contribution in [0.25, 0.3) is 0 Å². The van der Waals surface area contributed by atoms with Gasteiger partial charge in [-0.1, -0.05) is 13.8 Å². The zero-order valence-electron chi connectivity index (χ0n) is 13.4. The summed E-state index contributed by atoms with van der Waals surface area (Å²) in [4.78, 5) is 16.0. The first-order valence-corrected chi connectivity index (χ1v) is 7.69. The molecule has 0 fully saturated rings. The summed E-state index contributed by atoms with van der Waals surface area (Å²) in [6, 6.07) is 10.4. The molecule has 0 aliphatic rings. The minimum Gasteiger partial charge on any atom is -0.456 e. The number of pyridine rings is 1. The molecule has 0 aliphatic carbocycles. The number of carbonyl (C=O) groups is 1. The van der Waals surface area contributed by atoms with Crippen LogP contribution in [0, 0.1) is 5.92 Å². The molecular formula is C18H22N2O3. The molecule has 0 spiro atoms. The van der Waals surface area contributed by atoms with Gasteiger partial charge in [-0.05, 0) is 48.7 Å². The number of hydrogen-bond donors (Lipinski definition) is 2. The molecule has 1 aromatic carbocycles. The van der Waals surface area contributed by atoms with E-state index in [1.54, 1.807) is 42.7 Å². The number of aliphatic hydroxyl groups excluding tert-OH is 1. The van der Waals surface area contributed by atoms with Crippen molar-refractivity contribution < 1.29 is 14.6 Å². The molecule has 0 bridgehead atoms. The van der Waals surface area contributed by atoms with Crippen molar-refractivity contribution in [2.45, 2.75) is 26.4 Å². The number of carbonyl (C=O) groups excluding carboxylic acids is 1. The first-order valence-electron chi connectivity index (χ1n) is 7.69. The van der Waals surface area contributed by atoms with Crippen LogP contribution in [0.5, 0.6) is 11.5 Å². The van der Waals surface area contributed by atoms with Crippen LogP contribution in [0.15, 0.2) is 48.8 Å². The van der Waals surface area contributed by atoms with E-state index in [0.29, 0.717) is 29.4 Å². The molecule has 1 atom stereocenters. The smallest absolute Gasteiger partial charge is 0.251 e. The van der Waals surface area contributed by atoms with Gasteiger partial charge in [0.1, 0.15) is 11.5 Å². The molecule has 1 amide bonds. The third kappa shape index (κ3) is 5.71. The fourth-order valence-electron chi connectivity index (χ4n) is 2.16. The molecule has 1 unspecified atom stereocenters. The Hall–Kier alpha value is -2.40. The minimum absolute atomic E-state index is 0.208. The summed E-state index contributed by atoms with van der Waals surface area (Å²) < 4.78 is 5.62. The number of nitrogens with zero attached hydrogens (tertiary/aromatic N) is 1. The Morgan fingerprint density at radius 1 is 1.22 bits per heavy atom. The molecule has 0 radical (unpaired) electrons. The summed E-state index contributed by atoms with van der Waals surface area (Å²) in [5.74, 6) is 1.46. The number of nitrogens with one attached hydrogen (secondary N) is 1. The predicted octanol–water partition coefficient (Wildman–Crippen LogP) is 3.01. The number of rotatable bonds is 7. The summed E-state index contributed by atoms with van der Waals surface area (Å²) in [5.41, 5.74) is 0.528. The van der Waals surface area contributed by atoms with Gasteiger partial charge in [0.15, 0.2) is 0 Å². The van der Waals surface area contributed by atoms with Crippen molar-refractivity contribution in [3.63, 3.8) is 0 Å². The molecule has 5 heteroatoms. The first-order chi connectivity index (χ1) is 11.0. The van der Waals surface area contributed by atoms with Gasteiger partial charge in [-0.2, -0.15) is 0 Å². The van der Waals surface area contributed by atoms with Gasteiger partial charge in [0.25, 0.3) is 5.91 Å². The average Bonchev–Trinajstić information content (AvgIpc) is 2.54. The van der Waals surface area contributed by atoms with Gasteiger partial charge < -0.3 is 15.2 Å². The first kappa shape index (κ1) is 17.0. The topological polar surface area (TPSA) is 71.5 Å². The van der Waals surface area contributed by atoms with Gasteiger partial charge in [0.05, 0.1) is 12.3 Å². The molecule has 0 saturated carbocycles. The van der Waals surface area contributed by atoms with Crippen molar-refractivity contribution in [2.75, 3.05) is 6.54 Å². The van der Waals surface area contributed by atoms with Crippen molar-refractivity contribution >= 4 is 5.91 Å². The Balaban J connectivity index is 1.87. The fraction of sp³-hybridized carbons (Fsp3) is 0.333. The number of hydrogen-bond acceptors (Lipinski definition) is 4. The Labute approximate surface area is 136 Å². The zero-order valence-corrected chi connectivity index (χ0v) is 13.4. The van der Waals surface area contributed by atoms with E-state index in [2.05, 4.69) is 10.3 Å². The molecule has 23 heavy (non-hydrogen) atoms. The number of aromatic nitrogens is 1. The molecule has 0 aliphatic heterocycles. The maximum Gasteiger partial charge on any atom is 0.251 e. The highest BCUT2D eigenvalue weighted by Gasteiger charge is 2.10. The second kappa shape index (κ2) is 8.29. The van der Waals surface area contributed by atoms with E-state index >= 15 is 0 Å². The maximum atomic E-state index is 12.0. The van der Waals surface area contributed by atoms with Gasteiger partial charge >= 0.3 is 0 Å². The van der Waals surface area contributed by atoms with Crippen molar-refractivity contribution in [3.05, 3.63) is 54.4 Å². The summed E-state index contributed by atoms with van der Waals surface area (Å²) in [6.45, 7) is 4.32. The van der Waals surface area contributed by atoms with Crippen LogP contribution in [0.4, 0.5) is 0 Å². The lowest BCUT2D eigenvalue weighted by Gasteiger charge is -2.14. The molecule has 122 valence electrons. The Bertz CT molecular complexity index is 612. The van der Waals surface area contributed by atoms with Crippen LogP contribution >= 0.6 is 0 Å². The van der Waals surface area contributed by atoms with Crippen molar-refractivity contribution in [1.29, 1.82) is 0 Å². The molecule has 0 saturated heterocycles. The maximum absolute atomic E-state index is 12.0. The van der Waals surface area contributed by atoms with Crippen LogP contribution in [0.1, 0.15) is 30.6 Å². The second-order valence-corrected chi connectivity index (χ2v) is 5.81. The van der Waals surface area contributed by atoms with E-state index in [1.807, 2.05) is 19.9 Å². The van der Waals surface area contributed by atoms with E-state index in [0.717, 1.165) is 0 Å². The van der Waals surface area contributed by atoms with Gasteiger partial charge in [0.2, 0.25) is 0 Å². The SMILES string of the molecule is CC(C)CC(O)CNC(=O)c1ccc(Oc2cccnc2)cc1. The van der Waals surface area contributed by atoms with Crippen molar-refractivity contribution in [3.8, 4) is 11.5 Å². The highest BCUT2D eigenvalue weighted by molar-refractivity contribution is 5.94. The largest absolute Gasteiger partial charge is 0.456 e. The predicted molar refractivity (Wildman–Crippen MR) is 88.5 cm³/mol. The zero-order chi connectivity index (χ0) is 16.7. The van der Waals surface area contributed by atoms with Gasteiger partial charge in [-0.25, -0.2) is 0 Å². The molecule has 5 nitrogen and oxygen atoms in total. The number of amides is 1. The molecule has 1 heterocycles. The molecule has 1 aromatic heterocycles. The van der Waals surface area contributed by atoms with Crippen LogP contribution in [-0.4, -0.2) is 28.6 Å². The van der Waals surface area contributed by atoms with Crippen LogP contribution in [0.2, 0.25) is 0 Å². The lowest BCUT2D eigenvalue weighted by atomic mass is 10.1. The van der Waals surface area contributed by atoms with E-state index < -0.39 is 6.10 Å². The quantitative estimate of drug-likeness (QED) is 0.824. The third-order valence-electron chi connectivity index (χ3n) is 3.23. The third-order valence-corrected chi connectivity index (χ3v) is 3.23. The standard InChI is InChI=1S/C18H22N2O3/c1-13(2)10-15(21)11-20-18(22)14-5-7-16(8-6-14)23-17-4-3-9-19-12-17/h3-9,12-13,15,21H,10-11H2,1-2H3,(H,20,22). The number of ether oxygens (including phenoxy) is 1.